The van der Waals surface area contributed by atoms with Crippen LogP contribution in [-0.2, 0) is 9.59 Å². The van der Waals surface area contributed by atoms with Crippen LogP contribution in [0.5, 0.6) is 0 Å². The minimum absolute atomic E-state index is 0.0223. The maximum atomic E-state index is 11.9. The van der Waals surface area contributed by atoms with Crippen LogP contribution in [0.15, 0.2) is 0 Å². The van der Waals surface area contributed by atoms with E-state index in [0.717, 1.165) is 19.5 Å². The molecule has 0 bridgehead atoms. The van der Waals surface area contributed by atoms with Crippen molar-refractivity contribution in [2.45, 2.75) is 39.7 Å². The van der Waals surface area contributed by atoms with Gasteiger partial charge in [0.2, 0.25) is 11.8 Å². The van der Waals surface area contributed by atoms with Crippen molar-refractivity contribution < 1.29 is 9.59 Å². The van der Waals surface area contributed by atoms with Gasteiger partial charge >= 0.3 is 0 Å². The molecule has 5 heteroatoms. The number of hydrogen-bond acceptors (Lipinski definition) is 3. The van der Waals surface area contributed by atoms with Crippen molar-refractivity contribution in [2.24, 2.45) is 5.41 Å². The van der Waals surface area contributed by atoms with E-state index in [4.69, 9.17) is 0 Å². The smallest absolute Gasteiger partial charge is 0.242 e. The summed E-state index contributed by atoms with van der Waals surface area (Å²) in [6, 6.07) is 0.261. The highest BCUT2D eigenvalue weighted by Gasteiger charge is 2.23. The summed E-state index contributed by atoms with van der Waals surface area (Å²) in [5, 5.41) is 5.92. The highest BCUT2D eigenvalue weighted by molar-refractivity contribution is 5.85. The zero-order valence-electron chi connectivity index (χ0n) is 11.9. The van der Waals surface area contributed by atoms with Gasteiger partial charge in [-0.05, 0) is 18.4 Å². The summed E-state index contributed by atoms with van der Waals surface area (Å²) in [4.78, 5) is 25.2. The van der Waals surface area contributed by atoms with Crippen LogP contribution in [-0.4, -0.2) is 49.4 Å². The molecule has 1 atom stereocenters. The van der Waals surface area contributed by atoms with Crippen molar-refractivity contribution in [3.05, 3.63) is 0 Å². The number of hydrogen-bond donors (Lipinski definition) is 2. The molecule has 1 unspecified atom stereocenters. The van der Waals surface area contributed by atoms with E-state index < -0.39 is 0 Å². The molecule has 0 aromatic carbocycles. The molecule has 1 aliphatic rings. The zero-order chi connectivity index (χ0) is 13.8. The van der Waals surface area contributed by atoms with Gasteiger partial charge in [-0.1, -0.05) is 20.8 Å². The summed E-state index contributed by atoms with van der Waals surface area (Å²) < 4.78 is 0. The van der Waals surface area contributed by atoms with Gasteiger partial charge in [-0.15, -0.1) is 0 Å². The summed E-state index contributed by atoms with van der Waals surface area (Å²) in [7, 11) is 1.80. The SMILES string of the molecule is CN(C(=O)CNC(=O)CC(C)(C)C)C1CCNC1. The fourth-order valence-corrected chi connectivity index (χ4v) is 2.02. The summed E-state index contributed by atoms with van der Waals surface area (Å²) >= 11 is 0. The molecule has 18 heavy (non-hydrogen) atoms. The predicted octanol–water partition coefficient (Wildman–Crippen LogP) is 0.359. The van der Waals surface area contributed by atoms with E-state index in [1.807, 2.05) is 20.8 Å². The Balaban J connectivity index is 2.29. The second-order valence-electron chi connectivity index (χ2n) is 6.17. The molecule has 5 nitrogen and oxygen atoms in total. The quantitative estimate of drug-likeness (QED) is 0.762. The third-order valence-corrected chi connectivity index (χ3v) is 3.10. The van der Waals surface area contributed by atoms with Crippen molar-refractivity contribution in [3.63, 3.8) is 0 Å². The van der Waals surface area contributed by atoms with E-state index in [2.05, 4.69) is 10.6 Å². The molecule has 1 aliphatic heterocycles. The van der Waals surface area contributed by atoms with Gasteiger partial charge < -0.3 is 15.5 Å². The van der Waals surface area contributed by atoms with E-state index in [-0.39, 0.29) is 29.8 Å². The summed E-state index contributed by atoms with van der Waals surface area (Å²) in [6.45, 7) is 7.92. The van der Waals surface area contributed by atoms with Gasteiger partial charge in [-0.25, -0.2) is 0 Å². The van der Waals surface area contributed by atoms with Crippen LogP contribution in [0.25, 0.3) is 0 Å². The Kier molecular flexibility index (Phi) is 5.14. The van der Waals surface area contributed by atoms with Crippen LogP contribution in [0.2, 0.25) is 0 Å². The number of rotatable bonds is 4. The molecule has 0 saturated carbocycles. The first-order valence-corrected chi connectivity index (χ1v) is 6.53. The highest BCUT2D eigenvalue weighted by Crippen LogP contribution is 2.17. The van der Waals surface area contributed by atoms with Crippen LogP contribution < -0.4 is 10.6 Å². The van der Waals surface area contributed by atoms with Crippen LogP contribution >= 0.6 is 0 Å². The average Bonchev–Trinajstić information content (AvgIpc) is 2.75. The molecule has 0 spiro atoms. The van der Waals surface area contributed by atoms with Crippen molar-refractivity contribution >= 4 is 11.8 Å². The second-order valence-corrected chi connectivity index (χ2v) is 6.17. The molecule has 2 N–H and O–H groups in total. The van der Waals surface area contributed by atoms with E-state index in [0.29, 0.717) is 6.42 Å². The third-order valence-electron chi connectivity index (χ3n) is 3.10. The summed E-state index contributed by atoms with van der Waals surface area (Å²) in [5.41, 5.74) is -0.0472. The Morgan fingerprint density at radius 3 is 2.56 bits per heavy atom. The molecule has 0 aromatic rings. The summed E-state index contributed by atoms with van der Waals surface area (Å²) in [5.74, 6) is -0.0836. The maximum Gasteiger partial charge on any atom is 0.242 e. The fraction of sp³-hybridized carbons (Fsp3) is 0.846. The normalized spacial score (nSPS) is 19.7. The van der Waals surface area contributed by atoms with Gasteiger partial charge in [0.15, 0.2) is 0 Å². The number of carbonyl (C=O) groups is 2. The predicted molar refractivity (Wildman–Crippen MR) is 71.1 cm³/mol. The van der Waals surface area contributed by atoms with Gasteiger partial charge in [-0.3, -0.25) is 9.59 Å². The van der Waals surface area contributed by atoms with Gasteiger partial charge in [0.1, 0.15) is 0 Å². The van der Waals surface area contributed by atoms with Gasteiger partial charge in [0.05, 0.1) is 6.54 Å². The number of carbonyl (C=O) groups excluding carboxylic acids is 2. The summed E-state index contributed by atoms with van der Waals surface area (Å²) in [6.07, 6.45) is 1.42. The van der Waals surface area contributed by atoms with E-state index in [9.17, 15) is 9.59 Å². The Bertz CT molecular complexity index is 304. The second kappa shape index (κ2) is 6.18. The van der Waals surface area contributed by atoms with Crippen LogP contribution in [0.1, 0.15) is 33.6 Å². The van der Waals surface area contributed by atoms with Crippen molar-refractivity contribution in [2.75, 3.05) is 26.7 Å². The lowest BCUT2D eigenvalue weighted by atomic mass is 9.92. The largest absolute Gasteiger partial charge is 0.347 e. The highest BCUT2D eigenvalue weighted by atomic mass is 16.2. The average molecular weight is 255 g/mol. The van der Waals surface area contributed by atoms with Gasteiger partial charge in [-0.2, -0.15) is 0 Å². The topological polar surface area (TPSA) is 61.4 Å². The van der Waals surface area contributed by atoms with Gasteiger partial charge in [0, 0.05) is 26.1 Å². The van der Waals surface area contributed by atoms with Crippen LogP contribution in [0, 0.1) is 5.41 Å². The lowest BCUT2D eigenvalue weighted by molar-refractivity contribution is -0.133. The molecular formula is C13H25N3O2. The lowest BCUT2D eigenvalue weighted by Gasteiger charge is -2.24. The number of likely N-dealkylation sites (N-methyl/N-ethyl adjacent to an activating group) is 1. The van der Waals surface area contributed by atoms with Gasteiger partial charge in [0.25, 0.3) is 0 Å². The van der Waals surface area contributed by atoms with Crippen LogP contribution in [0.4, 0.5) is 0 Å². The Hall–Kier alpha value is -1.10. The molecule has 1 heterocycles. The molecule has 0 aromatic heterocycles. The fourth-order valence-electron chi connectivity index (χ4n) is 2.02. The molecular weight excluding hydrogens is 230 g/mol. The first kappa shape index (κ1) is 15.0. The molecule has 2 amide bonds. The van der Waals surface area contributed by atoms with E-state index >= 15 is 0 Å². The molecule has 0 radical (unpaired) electrons. The Morgan fingerprint density at radius 2 is 2.06 bits per heavy atom. The Morgan fingerprint density at radius 1 is 1.39 bits per heavy atom. The van der Waals surface area contributed by atoms with E-state index in [1.165, 1.54) is 0 Å². The third kappa shape index (κ3) is 5.04. The van der Waals surface area contributed by atoms with Crippen LogP contribution in [0.3, 0.4) is 0 Å². The monoisotopic (exact) mass is 255 g/mol. The molecule has 1 saturated heterocycles. The first-order chi connectivity index (χ1) is 8.29. The number of nitrogens with zero attached hydrogens (tertiary/aromatic N) is 1. The zero-order valence-corrected chi connectivity index (χ0v) is 11.9. The molecule has 1 fully saturated rings. The standard InChI is InChI=1S/C13H25N3O2/c1-13(2,3)7-11(17)15-9-12(18)16(4)10-5-6-14-8-10/h10,14H,5-9H2,1-4H3,(H,15,17). The van der Waals surface area contributed by atoms with Crippen molar-refractivity contribution in [1.82, 2.24) is 15.5 Å². The molecule has 1 rings (SSSR count). The lowest BCUT2D eigenvalue weighted by Crippen LogP contribution is -2.44. The maximum absolute atomic E-state index is 11.9. The first-order valence-electron chi connectivity index (χ1n) is 6.53. The Labute approximate surface area is 109 Å². The molecule has 104 valence electrons. The van der Waals surface area contributed by atoms with Crippen molar-refractivity contribution in [3.8, 4) is 0 Å². The number of amides is 2. The van der Waals surface area contributed by atoms with Crippen molar-refractivity contribution in [1.29, 1.82) is 0 Å². The minimum atomic E-state index is -0.0613. The molecule has 0 aliphatic carbocycles. The van der Waals surface area contributed by atoms with E-state index in [1.54, 1.807) is 11.9 Å². The minimum Gasteiger partial charge on any atom is -0.347 e. The number of nitrogens with one attached hydrogen (secondary N) is 2.